The molecule has 0 aromatic heterocycles. The van der Waals surface area contributed by atoms with Gasteiger partial charge in [-0.15, -0.1) is 0 Å². The van der Waals surface area contributed by atoms with Crippen molar-refractivity contribution in [1.29, 1.82) is 0 Å². The maximum absolute atomic E-state index is 6.14. The smallest absolute Gasteiger partial charge is 0.0592 e. The Bertz CT molecular complexity index is 310. The summed E-state index contributed by atoms with van der Waals surface area (Å²) in [7, 11) is 0. The zero-order valence-corrected chi connectivity index (χ0v) is 10.8. The highest BCUT2D eigenvalue weighted by Gasteiger charge is 2.24. The molecule has 0 aromatic carbocycles. The van der Waals surface area contributed by atoms with E-state index in [9.17, 15) is 0 Å². The standard InChI is InChI=1S/C13H23N3/c1-6-15-7-8-16(11(4)5)9-12(15)13(14)10(2)3/h1,10-11H,7-9,14H2,2-5H3/b13-12-. The van der Waals surface area contributed by atoms with Crippen molar-refractivity contribution in [3.8, 4) is 12.5 Å². The number of nitrogens with two attached hydrogens (primary N) is 1. The molecule has 0 saturated carbocycles. The number of rotatable bonds is 2. The predicted octanol–water partition coefficient (Wildman–Crippen LogP) is 1.43. The molecule has 1 rings (SSSR count). The average Bonchev–Trinajstić information content (AvgIpc) is 2.26. The van der Waals surface area contributed by atoms with E-state index in [1.807, 2.05) is 4.90 Å². The van der Waals surface area contributed by atoms with Gasteiger partial charge in [-0.25, -0.2) is 0 Å². The highest BCUT2D eigenvalue weighted by Crippen LogP contribution is 2.19. The summed E-state index contributed by atoms with van der Waals surface area (Å²) in [6.45, 7) is 11.4. The highest BCUT2D eigenvalue weighted by atomic mass is 15.3. The van der Waals surface area contributed by atoms with E-state index in [1.54, 1.807) is 0 Å². The summed E-state index contributed by atoms with van der Waals surface area (Å²) in [6.07, 6.45) is 5.52. The normalized spacial score (nSPS) is 21.4. The van der Waals surface area contributed by atoms with Crippen molar-refractivity contribution in [2.75, 3.05) is 19.6 Å². The van der Waals surface area contributed by atoms with Gasteiger partial charge in [-0.05, 0) is 19.8 Å². The lowest BCUT2D eigenvalue weighted by Crippen LogP contribution is -2.47. The number of hydrogen-bond donors (Lipinski definition) is 1. The Morgan fingerprint density at radius 3 is 2.38 bits per heavy atom. The minimum atomic E-state index is 0.345. The molecule has 0 bridgehead atoms. The fourth-order valence-corrected chi connectivity index (χ4v) is 1.88. The number of piperazine rings is 1. The second-order valence-electron chi connectivity index (χ2n) is 4.90. The molecule has 0 aromatic rings. The zero-order valence-electron chi connectivity index (χ0n) is 10.8. The zero-order chi connectivity index (χ0) is 12.3. The molecule has 16 heavy (non-hydrogen) atoms. The van der Waals surface area contributed by atoms with E-state index >= 15 is 0 Å². The Hall–Kier alpha value is -1.14. The highest BCUT2D eigenvalue weighted by molar-refractivity contribution is 5.20. The molecular formula is C13H23N3. The maximum atomic E-state index is 6.14. The quantitative estimate of drug-likeness (QED) is 0.716. The van der Waals surface area contributed by atoms with E-state index in [-0.39, 0.29) is 0 Å². The van der Waals surface area contributed by atoms with Crippen molar-refractivity contribution < 1.29 is 0 Å². The van der Waals surface area contributed by atoms with E-state index in [0.29, 0.717) is 12.0 Å². The molecule has 1 fully saturated rings. The Labute approximate surface area is 99.3 Å². The van der Waals surface area contributed by atoms with Crippen molar-refractivity contribution in [3.05, 3.63) is 11.4 Å². The van der Waals surface area contributed by atoms with Crippen LogP contribution in [0.5, 0.6) is 0 Å². The molecule has 1 saturated heterocycles. The Morgan fingerprint density at radius 1 is 1.31 bits per heavy atom. The maximum Gasteiger partial charge on any atom is 0.0592 e. The van der Waals surface area contributed by atoms with E-state index in [1.165, 1.54) is 0 Å². The molecule has 1 aliphatic heterocycles. The third-order valence-electron chi connectivity index (χ3n) is 3.13. The summed E-state index contributed by atoms with van der Waals surface area (Å²) < 4.78 is 0. The van der Waals surface area contributed by atoms with Gasteiger partial charge in [-0.2, -0.15) is 0 Å². The molecule has 2 N–H and O–H groups in total. The van der Waals surface area contributed by atoms with Crippen molar-refractivity contribution in [1.82, 2.24) is 9.80 Å². The molecule has 0 radical (unpaired) electrons. The lowest BCUT2D eigenvalue weighted by molar-refractivity contribution is 0.174. The first kappa shape index (κ1) is 12.9. The Balaban J connectivity index is 2.93. The molecule has 3 nitrogen and oxygen atoms in total. The minimum absolute atomic E-state index is 0.345. The molecule has 0 spiro atoms. The van der Waals surface area contributed by atoms with Gasteiger partial charge in [0.25, 0.3) is 0 Å². The summed E-state index contributed by atoms with van der Waals surface area (Å²) in [6, 6.07) is 3.25. The van der Waals surface area contributed by atoms with E-state index in [2.05, 4.69) is 38.6 Å². The number of terminal acetylenes is 1. The molecule has 0 amide bonds. The Morgan fingerprint density at radius 2 is 1.94 bits per heavy atom. The van der Waals surface area contributed by atoms with Gasteiger partial charge < -0.3 is 10.6 Å². The molecule has 0 atom stereocenters. The van der Waals surface area contributed by atoms with Crippen LogP contribution in [0.3, 0.4) is 0 Å². The van der Waals surface area contributed by atoms with Gasteiger partial charge in [0, 0.05) is 37.4 Å². The van der Waals surface area contributed by atoms with Crippen molar-refractivity contribution in [3.63, 3.8) is 0 Å². The third kappa shape index (κ3) is 2.70. The van der Waals surface area contributed by atoms with Crippen molar-refractivity contribution in [2.45, 2.75) is 33.7 Å². The first-order valence-corrected chi connectivity index (χ1v) is 5.93. The molecular weight excluding hydrogens is 198 g/mol. The molecule has 0 unspecified atom stereocenters. The first-order chi connectivity index (χ1) is 7.47. The van der Waals surface area contributed by atoms with E-state index in [4.69, 9.17) is 12.2 Å². The van der Waals surface area contributed by atoms with E-state index < -0.39 is 0 Å². The first-order valence-electron chi connectivity index (χ1n) is 5.93. The third-order valence-corrected chi connectivity index (χ3v) is 3.13. The van der Waals surface area contributed by atoms with Gasteiger partial charge in [0.2, 0.25) is 0 Å². The second kappa shape index (κ2) is 5.27. The topological polar surface area (TPSA) is 32.5 Å². The van der Waals surface area contributed by atoms with Crippen LogP contribution in [0.15, 0.2) is 11.4 Å². The fourth-order valence-electron chi connectivity index (χ4n) is 1.88. The number of allylic oxidation sites excluding steroid dienone is 1. The summed E-state index contributed by atoms with van der Waals surface area (Å²) >= 11 is 0. The van der Waals surface area contributed by atoms with Crippen LogP contribution in [0, 0.1) is 18.4 Å². The van der Waals surface area contributed by atoms with Crippen LogP contribution in [-0.4, -0.2) is 35.5 Å². The van der Waals surface area contributed by atoms with Crippen molar-refractivity contribution in [2.24, 2.45) is 11.7 Å². The number of hydrogen-bond acceptors (Lipinski definition) is 3. The van der Waals surface area contributed by atoms with Crippen LogP contribution in [0.1, 0.15) is 27.7 Å². The SMILES string of the molecule is C#CN1CCN(C(C)C)C/C1=C(/N)C(C)C. The molecule has 3 heteroatoms. The van der Waals surface area contributed by atoms with Crippen LogP contribution in [0.25, 0.3) is 0 Å². The summed E-state index contributed by atoms with van der Waals surface area (Å²) in [4.78, 5) is 4.35. The van der Waals surface area contributed by atoms with Crippen LogP contribution < -0.4 is 5.73 Å². The second-order valence-corrected chi connectivity index (χ2v) is 4.90. The van der Waals surface area contributed by atoms with Gasteiger partial charge in [0.05, 0.1) is 5.70 Å². The van der Waals surface area contributed by atoms with Crippen LogP contribution in [-0.2, 0) is 0 Å². The van der Waals surface area contributed by atoms with Crippen molar-refractivity contribution >= 4 is 0 Å². The monoisotopic (exact) mass is 221 g/mol. The molecule has 1 aliphatic rings. The molecule has 0 aliphatic carbocycles. The largest absolute Gasteiger partial charge is 0.400 e. The van der Waals surface area contributed by atoms with Crippen LogP contribution in [0.2, 0.25) is 0 Å². The lowest BCUT2D eigenvalue weighted by Gasteiger charge is -2.38. The molecule has 90 valence electrons. The summed E-state index contributed by atoms with van der Waals surface area (Å²) in [5.74, 6) is 0.345. The predicted molar refractivity (Wildman–Crippen MR) is 68.3 cm³/mol. The number of nitrogens with zero attached hydrogens (tertiary/aromatic N) is 2. The van der Waals surface area contributed by atoms with Gasteiger partial charge in [0.15, 0.2) is 0 Å². The summed E-state index contributed by atoms with van der Waals surface area (Å²) in [5, 5.41) is 0. The Kier molecular flexibility index (Phi) is 4.26. The van der Waals surface area contributed by atoms with Crippen LogP contribution in [0.4, 0.5) is 0 Å². The van der Waals surface area contributed by atoms with Gasteiger partial charge >= 0.3 is 0 Å². The minimum Gasteiger partial charge on any atom is -0.400 e. The average molecular weight is 221 g/mol. The fraction of sp³-hybridized carbons (Fsp3) is 0.692. The molecule has 1 heterocycles. The van der Waals surface area contributed by atoms with Gasteiger partial charge in [0.1, 0.15) is 0 Å². The van der Waals surface area contributed by atoms with Gasteiger partial charge in [-0.1, -0.05) is 20.3 Å². The van der Waals surface area contributed by atoms with Crippen LogP contribution >= 0.6 is 0 Å². The summed E-state index contributed by atoms with van der Waals surface area (Å²) in [5.41, 5.74) is 8.16. The van der Waals surface area contributed by atoms with Gasteiger partial charge in [-0.3, -0.25) is 4.90 Å². The van der Waals surface area contributed by atoms with E-state index in [0.717, 1.165) is 31.0 Å². The lowest BCUT2D eigenvalue weighted by atomic mass is 10.1.